The number of rotatable bonds is 8. The number of anilines is 1. The molecule has 0 heterocycles. The molecule has 1 amide bonds. The maximum absolute atomic E-state index is 12.1. The summed E-state index contributed by atoms with van der Waals surface area (Å²) in [4.78, 5) is 14.1. The summed E-state index contributed by atoms with van der Waals surface area (Å²) in [6.07, 6.45) is 6.34. The first-order valence-electron chi connectivity index (χ1n) is 7.15. The van der Waals surface area contributed by atoms with Crippen LogP contribution in [0, 0.1) is 0 Å². The first-order chi connectivity index (χ1) is 8.79. The van der Waals surface area contributed by atoms with Gasteiger partial charge in [-0.2, -0.15) is 0 Å². The van der Waals surface area contributed by atoms with Gasteiger partial charge in [0.05, 0.1) is 0 Å². The van der Waals surface area contributed by atoms with Gasteiger partial charge < -0.3 is 4.90 Å². The summed E-state index contributed by atoms with van der Waals surface area (Å²) in [7, 11) is 0. The second-order valence-electron chi connectivity index (χ2n) is 4.69. The molecule has 1 aromatic carbocycles. The molecule has 0 saturated carbocycles. The molecule has 0 aliphatic heterocycles. The van der Waals surface area contributed by atoms with Gasteiger partial charge in [-0.05, 0) is 25.0 Å². The van der Waals surface area contributed by atoms with Crippen LogP contribution in [0.4, 0.5) is 5.69 Å². The molecule has 0 aliphatic rings. The van der Waals surface area contributed by atoms with E-state index in [1.165, 1.54) is 19.3 Å². The minimum Gasteiger partial charge on any atom is -0.312 e. The zero-order valence-electron chi connectivity index (χ0n) is 11.7. The summed E-state index contributed by atoms with van der Waals surface area (Å²) < 4.78 is 0. The Morgan fingerprint density at radius 3 is 2.33 bits per heavy atom. The molecule has 0 aliphatic carbocycles. The molecule has 0 saturated heterocycles. The van der Waals surface area contributed by atoms with Crippen LogP contribution in [0.3, 0.4) is 0 Å². The molecule has 0 fully saturated rings. The Morgan fingerprint density at radius 1 is 1.00 bits per heavy atom. The van der Waals surface area contributed by atoms with E-state index in [4.69, 9.17) is 0 Å². The van der Waals surface area contributed by atoms with E-state index in [9.17, 15) is 4.79 Å². The maximum atomic E-state index is 12.1. The lowest BCUT2D eigenvalue weighted by Crippen LogP contribution is -2.31. The maximum Gasteiger partial charge on any atom is 0.226 e. The quantitative estimate of drug-likeness (QED) is 0.623. The van der Waals surface area contributed by atoms with E-state index in [-0.39, 0.29) is 5.91 Å². The summed E-state index contributed by atoms with van der Waals surface area (Å²) in [5, 5.41) is 0. The molecule has 0 spiro atoms. The third-order valence-corrected chi connectivity index (χ3v) is 3.07. The fraction of sp³-hybridized carbons (Fsp3) is 0.562. The highest BCUT2D eigenvalue weighted by Crippen LogP contribution is 2.16. The molecule has 1 aromatic rings. The van der Waals surface area contributed by atoms with Crippen molar-refractivity contribution in [3.05, 3.63) is 30.3 Å². The van der Waals surface area contributed by atoms with Gasteiger partial charge in [0.25, 0.3) is 0 Å². The lowest BCUT2D eigenvalue weighted by Gasteiger charge is -2.22. The van der Waals surface area contributed by atoms with Crippen LogP contribution in [0.2, 0.25) is 0 Å². The number of unbranched alkanes of at least 4 members (excludes halogenated alkanes) is 3. The summed E-state index contributed by atoms with van der Waals surface area (Å²) in [6, 6.07) is 10.0. The van der Waals surface area contributed by atoms with Gasteiger partial charge in [0, 0.05) is 18.7 Å². The fourth-order valence-corrected chi connectivity index (χ4v) is 2.05. The number of amides is 1. The van der Waals surface area contributed by atoms with E-state index in [2.05, 4.69) is 13.8 Å². The van der Waals surface area contributed by atoms with E-state index in [1.54, 1.807) is 0 Å². The van der Waals surface area contributed by atoms with E-state index in [0.717, 1.165) is 25.1 Å². The molecule has 1 rings (SSSR count). The van der Waals surface area contributed by atoms with Crippen LogP contribution in [-0.2, 0) is 4.79 Å². The predicted molar refractivity (Wildman–Crippen MR) is 77.8 cm³/mol. The Kier molecular flexibility index (Phi) is 7.16. The van der Waals surface area contributed by atoms with Crippen LogP contribution in [0.5, 0.6) is 0 Å². The van der Waals surface area contributed by atoms with Crippen LogP contribution in [-0.4, -0.2) is 12.5 Å². The highest BCUT2D eigenvalue weighted by molar-refractivity contribution is 5.93. The lowest BCUT2D eigenvalue weighted by atomic mass is 10.1. The number of carbonyl (C=O) groups is 1. The van der Waals surface area contributed by atoms with Gasteiger partial charge in [-0.3, -0.25) is 4.79 Å². The molecule has 0 atom stereocenters. The highest BCUT2D eigenvalue weighted by atomic mass is 16.2. The number of carbonyl (C=O) groups excluding carboxylic acids is 1. The summed E-state index contributed by atoms with van der Waals surface area (Å²) >= 11 is 0. The molecular weight excluding hydrogens is 222 g/mol. The van der Waals surface area contributed by atoms with Crippen molar-refractivity contribution in [2.24, 2.45) is 0 Å². The lowest BCUT2D eigenvalue weighted by molar-refractivity contribution is -0.118. The van der Waals surface area contributed by atoms with Crippen molar-refractivity contribution in [2.75, 3.05) is 11.4 Å². The fourth-order valence-electron chi connectivity index (χ4n) is 2.05. The van der Waals surface area contributed by atoms with Crippen LogP contribution in [0.25, 0.3) is 0 Å². The molecule has 0 radical (unpaired) electrons. The van der Waals surface area contributed by atoms with Crippen molar-refractivity contribution < 1.29 is 4.79 Å². The SMILES string of the molecule is CCCCCCN(C(=O)CCC)c1ccccc1. The van der Waals surface area contributed by atoms with E-state index >= 15 is 0 Å². The van der Waals surface area contributed by atoms with Gasteiger partial charge in [-0.25, -0.2) is 0 Å². The number of para-hydroxylation sites is 1. The van der Waals surface area contributed by atoms with Gasteiger partial charge in [0.2, 0.25) is 5.91 Å². The van der Waals surface area contributed by atoms with Gasteiger partial charge >= 0.3 is 0 Å². The Balaban J connectivity index is 2.61. The van der Waals surface area contributed by atoms with Gasteiger partial charge in [0.1, 0.15) is 0 Å². The zero-order chi connectivity index (χ0) is 13.2. The Hall–Kier alpha value is -1.31. The topological polar surface area (TPSA) is 20.3 Å². The minimum absolute atomic E-state index is 0.250. The number of benzene rings is 1. The predicted octanol–water partition coefficient (Wildman–Crippen LogP) is 4.40. The second-order valence-corrected chi connectivity index (χ2v) is 4.69. The summed E-state index contributed by atoms with van der Waals surface area (Å²) in [6.45, 7) is 5.11. The van der Waals surface area contributed by atoms with Gasteiger partial charge in [0.15, 0.2) is 0 Å². The molecular formula is C16H25NO. The van der Waals surface area contributed by atoms with E-state index < -0.39 is 0 Å². The zero-order valence-corrected chi connectivity index (χ0v) is 11.7. The van der Waals surface area contributed by atoms with E-state index in [1.807, 2.05) is 35.2 Å². The number of hydrogen-bond acceptors (Lipinski definition) is 1. The number of hydrogen-bond donors (Lipinski definition) is 0. The number of nitrogens with zero attached hydrogens (tertiary/aromatic N) is 1. The molecule has 100 valence electrons. The molecule has 0 aromatic heterocycles. The second kappa shape index (κ2) is 8.73. The van der Waals surface area contributed by atoms with Crippen molar-refractivity contribution in [3.8, 4) is 0 Å². The average Bonchev–Trinajstić information content (AvgIpc) is 2.40. The van der Waals surface area contributed by atoms with Crippen molar-refractivity contribution in [1.82, 2.24) is 0 Å². The normalized spacial score (nSPS) is 10.3. The molecule has 0 unspecified atom stereocenters. The summed E-state index contributed by atoms with van der Waals surface area (Å²) in [5.74, 6) is 0.250. The first kappa shape index (κ1) is 14.7. The Morgan fingerprint density at radius 2 is 1.72 bits per heavy atom. The monoisotopic (exact) mass is 247 g/mol. The highest BCUT2D eigenvalue weighted by Gasteiger charge is 2.13. The minimum atomic E-state index is 0.250. The third-order valence-electron chi connectivity index (χ3n) is 3.07. The van der Waals surface area contributed by atoms with Gasteiger partial charge in [-0.15, -0.1) is 0 Å². The summed E-state index contributed by atoms with van der Waals surface area (Å²) in [5.41, 5.74) is 1.03. The van der Waals surface area contributed by atoms with Crippen molar-refractivity contribution in [3.63, 3.8) is 0 Å². The van der Waals surface area contributed by atoms with Crippen molar-refractivity contribution in [1.29, 1.82) is 0 Å². The largest absolute Gasteiger partial charge is 0.312 e. The average molecular weight is 247 g/mol. The van der Waals surface area contributed by atoms with Crippen LogP contribution >= 0.6 is 0 Å². The third kappa shape index (κ3) is 4.91. The molecule has 0 bridgehead atoms. The van der Waals surface area contributed by atoms with E-state index in [0.29, 0.717) is 6.42 Å². The molecule has 2 heteroatoms. The van der Waals surface area contributed by atoms with Crippen LogP contribution in [0.15, 0.2) is 30.3 Å². The molecule has 18 heavy (non-hydrogen) atoms. The van der Waals surface area contributed by atoms with Crippen LogP contribution < -0.4 is 4.90 Å². The molecule has 2 nitrogen and oxygen atoms in total. The van der Waals surface area contributed by atoms with Gasteiger partial charge in [-0.1, -0.05) is 51.3 Å². The van der Waals surface area contributed by atoms with Crippen LogP contribution in [0.1, 0.15) is 52.4 Å². The smallest absolute Gasteiger partial charge is 0.226 e. The Labute approximate surface area is 111 Å². The van der Waals surface area contributed by atoms with Crippen molar-refractivity contribution in [2.45, 2.75) is 52.4 Å². The molecule has 0 N–H and O–H groups in total. The Bertz CT molecular complexity index is 334. The first-order valence-corrected chi connectivity index (χ1v) is 7.15. The standard InChI is InChI=1S/C16H25NO/c1-3-5-6-10-14-17(16(18)11-4-2)15-12-8-7-9-13-15/h7-9,12-13H,3-6,10-11,14H2,1-2H3. The van der Waals surface area contributed by atoms with Crippen molar-refractivity contribution >= 4 is 11.6 Å².